The van der Waals surface area contributed by atoms with E-state index in [1.165, 1.54) is 0 Å². The van der Waals surface area contributed by atoms with Crippen LogP contribution in [0.2, 0.25) is 0 Å². The van der Waals surface area contributed by atoms with Gasteiger partial charge in [0.2, 0.25) is 0 Å². The number of quaternary nitrogens is 1. The summed E-state index contributed by atoms with van der Waals surface area (Å²) in [5.74, 6) is 0. The molecule has 0 heterocycles. The first-order valence-electron chi connectivity index (χ1n) is 5.04. The van der Waals surface area contributed by atoms with Crippen molar-refractivity contribution in [2.24, 2.45) is 0 Å². The second-order valence-corrected chi connectivity index (χ2v) is 6.40. The van der Waals surface area contributed by atoms with Crippen molar-refractivity contribution in [3.8, 4) is 0 Å². The molecular weight excluding hydrogens is 315 g/mol. The highest BCUT2D eigenvalue weighted by atomic mass is 32.2. The van der Waals surface area contributed by atoms with Crippen LogP contribution in [0.3, 0.4) is 0 Å². The minimum absolute atomic E-state index is 0.243. The highest BCUT2D eigenvalue weighted by molar-refractivity contribution is 7.86. The number of hydrogen-bond donors (Lipinski definition) is 1. The van der Waals surface area contributed by atoms with Crippen molar-refractivity contribution in [3.63, 3.8) is 0 Å². The molecule has 7 nitrogen and oxygen atoms in total. The van der Waals surface area contributed by atoms with E-state index in [9.17, 15) is 21.6 Å². The Balaban J connectivity index is 0. The summed E-state index contributed by atoms with van der Waals surface area (Å²) in [6.07, 6.45) is 0. The normalized spacial score (nSPS) is 13.7. The zero-order valence-electron chi connectivity index (χ0n) is 10.5. The van der Waals surface area contributed by atoms with Crippen LogP contribution < -0.4 is 0 Å². The second-order valence-electron chi connectivity index (χ2n) is 3.35. The van der Waals surface area contributed by atoms with Gasteiger partial charge in [0.05, 0.1) is 19.6 Å². The van der Waals surface area contributed by atoms with E-state index in [4.69, 9.17) is 17.5 Å². The molecule has 0 spiro atoms. The Hall–Kier alpha value is -0.430. The third-order valence-electron chi connectivity index (χ3n) is 2.50. The molecule has 0 fully saturated rings. The monoisotopic (exact) mass is 331 g/mol. The number of halogens is 3. The van der Waals surface area contributed by atoms with Crippen molar-refractivity contribution in [1.29, 1.82) is 0 Å². The Morgan fingerprint density at radius 2 is 1.21 bits per heavy atom. The van der Waals surface area contributed by atoms with Crippen LogP contribution in [0.25, 0.3) is 0 Å². The molecule has 12 heteroatoms. The molecule has 0 amide bonds. The standard InChI is InChI=1S/C6H15NO3S.CHF3O3S/c1-4-7(5-2,6-3)11(8,9)10;2-1(3,4)8(5,6)7/h4-6H2,1-3H3;(H,5,6,7). The molecule has 0 aliphatic heterocycles. The Morgan fingerprint density at radius 3 is 1.21 bits per heavy atom. The molecule has 0 radical (unpaired) electrons. The Kier molecular flexibility index (Phi) is 7.51. The maximum atomic E-state index is 10.9. The summed E-state index contributed by atoms with van der Waals surface area (Å²) >= 11 is 0. The lowest BCUT2D eigenvalue weighted by molar-refractivity contribution is -0.804. The summed E-state index contributed by atoms with van der Waals surface area (Å²) in [5, 5.41) is 0. The van der Waals surface area contributed by atoms with Crippen LogP contribution in [0.5, 0.6) is 0 Å². The molecule has 0 saturated carbocycles. The summed E-state index contributed by atoms with van der Waals surface area (Å²) in [6.45, 7) is 6.48. The summed E-state index contributed by atoms with van der Waals surface area (Å²) < 4.78 is 89.3. The molecule has 0 rings (SSSR count). The van der Waals surface area contributed by atoms with E-state index in [-0.39, 0.29) is 3.89 Å². The molecular formula is C7H16F3NO6S2. The molecule has 0 aromatic carbocycles. The highest BCUT2D eigenvalue weighted by Gasteiger charge is 2.37. The average Bonchev–Trinajstić information content (AvgIpc) is 2.16. The molecule has 118 valence electrons. The average molecular weight is 331 g/mol. The Labute approximate surface area is 110 Å². The zero-order chi connectivity index (χ0) is 16.1. The molecule has 1 N–H and O–H groups in total. The van der Waals surface area contributed by atoms with Gasteiger partial charge in [0.1, 0.15) is 0 Å². The lowest BCUT2D eigenvalue weighted by Crippen LogP contribution is -2.51. The summed E-state index contributed by atoms with van der Waals surface area (Å²) in [4.78, 5) is 0. The zero-order valence-corrected chi connectivity index (χ0v) is 12.1. The van der Waals surface area contributed by atoms with E-state index in [0.717, 1.165) is 0 Å². The van der Waals surface area contributed by atoms with Crippen LogP contribution in [0.1, 0.15) is 20.8 Å². The predicted octanol–water partition coefficient (Wildman–Crippen LogP) is 0.717. The van der Waals surface area contributed by atoms with E-state index in [1.54, 1.807) is 20.8 Å². The molecule has 0 atom stereocenters. The van der Waals surface area contributed by atoms with Crippen molar-refractivity contribution in [2.45, 2.75) is 26.3 Å². The minimum atomic E-state index is -6.09. The first kappa shape index (κ1) is 20.9. The fraction of sp³-hybridized carbons (Fsp3) is 1.00. The van der Waals surface area contributed by atoms with E-state index in [1.807, 2.05) is 0 Å². The van der Waals surface area contributed by atoms with Gasteiger partial charge in [-0.15, -0.1) is 8.42 Å². The van der Waals surface area contributed by atoms with Gasteiger partial charge in [-0.05, 0) is 20.8 Å². The van der Waals surface area contributed by atoms with Crippen LogP contribution in [-0.2, 0) is 20.4 Å². The lowest BCUT2D eigenvalue weighted by atomic mass is 10.5. The Morgan fingerprint density at radius 1 is 1.00 bits per heavy atom. The van der Waals surface area contributed by atoms with Gasteiger partial charge >= 0.3 is 15.8 Å². The maximum absolute atomic E-state index is 10.9. The van der Waals surface area contributed by atoms with Crippen LogP contribution in [-0.4, -0.2) is 55.0 Å². The Bertz CT molecular complexity index is 457. The fourth-order valence-corrected chi connectivity index (χ4v) is 2.14. The van der Waals surface area contributed by atoms with E-state index in [0.29, 0.717) is 19.6 Å². The largest absolute Gasteiger partial charge is 0.741 e. The van der Waals surface area contributed by atoms with Gasteiger partial charge in [-0.3, -0.25) is 0 Å². The smallest absolute Gasteiger partial charge is 0.485 e. The van der Waals surface area contributed by atoms with Gasteiger partial charge in [-0.2, -0.15) is 17.1 Å². The third-order valence-corrected chi connectivity index (χ3v) is 4.82. The molecule has 0 saturated heterocycles. The third kappa shape index (κ3) is 6.03. The molecule has 0 bridgehead atoms. The number of rotatable bonds is 4. The van der Waals surface area contributed by atoms with Gasteiger partial charge in [0.25, 0.3) is 0 Å². The van der Waals surface area contributed by atoms with Gasteiger partial charge in [-0.25, -0.2) is 13.0 Å². The number of nitrogens with zero attached hydrogens (tertiary/aromatic N) is 1. The van der Waals surface area contributed by atoms with Crippen LogP contribution >= 0.6 is 0 Å². The SMILES string of the molecule is CC[N+](CC)(CC)S(=O)(=O)O.O=S(=O)([O-])C(F)(F)F. The van der Waals surface area contributed by atoms with Gasteiger partial charge < -0.3 is 4.55 Å². The van der Waals surface area contributed by atoms with E-state index < -0.39 is 25.9 Å². The van der Waals surface area contributed by atoms with E-state index in [2.05, 4.69) is 0 Å². The molecule has 0 aliphatic rings. The van der Waals surface area contributed by atoms with Gasteiger partial charge in [-0.1, -0.05) is 0 Å². The van der Waals surface area contributed by atoms with Crippen LogP contribution in [0.4, 0.5) is 13.2 Å². The number of hydrogen-bond acceptors (Lipinski definition) is 5. The first-order chi connectivity index (χ1) is 8.18. The first-order valence-corrected chi connectivity index (χ1v) is 7.84. The topological polar surface area (TPSA) is 112 Å². The predicted molar refractivity (Wildman–Crippen MR) is 59.2 cm³/mol. The van der Waals surface area contributed by atoms with Gasteiger partial charge in [0, 0.05) is 0 Å². The van der Waals surface area contributed by atoms with Crippen LogP contribution in [0, 0.1) is 0 Å². The number of alkyl halides is 3. The van der Waals surface area contributed by atoms with Gasteiger partial charge in [0.15, 0.2) is 10.1 Å². The molecule has 0 aliphatic carbocycles. The minimum Gasteiger partial charge on any atom is -0.741 e. The maximum Gasteiger partial charge on any atom is 0.485 e. The van der Waals surface area contributed by atoms with E-state index >= 15 is 0 Å². The fourth-order valence-electron chi connectivity index (χ4n) is 1.16. The van der Waals surface area contributed by atoms with Crippen molar-refractivity contribution in [1.82, 2.24) is 0 Å². The lowest BCUT2D eigenvalue weighted by Gasteiger charge is -2.29. The molecule has 19 heavy (non-hydrogen) atoms. The van der Waals surface area contributed by atoms with Crippen molar-refractivity contribution < 1.29 is 43.0 Å². The molecule has 0 aromatic heterocycles. The highest BCUT2D eigenvalue weighted by Crippen LogP contribution is 2.20. The van der Waals surface area contributed by atoms with Crippen molar-refractivity contribution >= 4 is 20.4 Å². The molecule has 0 unspecified atom stereocenters. The van der Waals surface area contributed by atoms with Crippen molar-refractivity contribution in [3.05, 3.63) is 0 Å². The second kappa shape index (κ2) is 6.83. The van der Waals surface area contributed by atoms with Crippen molar-refractivity contribution in [2.75, 3.05) is 19.6 Å². The summed E-state index contributed by atoms with van der Waals surface area (Å²) in [7, 11) is -10.0. The summed E-state index contributed by atoms with van der Waals surface area (Å²) in [5.41, 5.74) is -5.65. The quantitative estimate of drug-likeness (QED) is 0.461. The summed E-state index contributed by atoms with van der Waals surface area (Å²) in [6, 6.07) is 0. The molecule has 0 aromatic rings. The van der Waals surface area contributed by atoms with Crippen LogP contribution in [0.15, 0.2) is 0 Å².